The molecule has 4 rings (SSSR count). The number of aromatic nitrogens is 3. The number of para-hydroxylation sites is 1. The summed E-state index contributed by atoms with van der Waals surface area (Å²) in [5.74, 6) is 1.38. The number of nitrogens with zero attached hydrogens (tertiary/aromatic N) is 3. The van der Waals surface area contributed by atoms with Crippen molar-refractivity contribution < 1.29 is 32.0 Å². The number of hydrogen-bond donors (Lipinski definition) is 1. The number of halogens is 2. The van der Waals surface area contributed by atoms with Gasteiger partial charge in [-0.15, -0.1) is 0 Å². The van der Waals surface area contributed by atoms with Crippen LogP contribution in [0.1, 0.15) is 29.7 Å². The van der Waals surface area contributed by atoms with Crippen LogP contribution in [0.2, 0.25) is 0 Å². The van der Waals surface area contributed by atoms with Gasteiger partial charge in [-0.25, -0.2) is 8.96 Å². The summed E-state index contributed by atoms with van der Waals surface area (Å²) in [5, 5.41) is 15.5. The Balaban J connectivity index is 0.000000614. The van der Waals surface area contributed by atoms with Gasteiger partial charge in [0.25, 0.3) is 11.6 Å². The second kappa shape index (κ2) is 7.74. The summed E-state index contributed by atoms with van der Waals surface area (Å²) < 4.78 is 27.8. The van der Waals surface area contributed by atoms with Gasteiger partial charge >= 0.3 is 0 Å². The van der Waals surface area contributed by atoms with E-state index in [-0.39, 0.29) is 18.2 Å². The molecule has 2 aromatic carbocycles. The molecule has 1 aromatic heterocycles. The molecule has 0 aliphatic carbocycles. The highest BCUT2D eigenvalue weighted by Crippen LogP contribution is 2.24. The summed E-state index contributed by atoms with van der Waals surface area (Å²) in [4.78, 5) is 0. The zero-order valence-corrected chi connectivity index (χ0v) is 14.1. The van der Waals surface area contributed by atoms with Crippen molar-refractivity contribution in [1.29, 1.82) is 2.86 Å². The van der Waals surface area contributed by atoms with E-state index in [1.54, 1.807) is 16.8 Å². The van der Waals surface area contributed by atoms with Gasteiger partial charge in [-0.3, -0.25) is 0 Å². The third kappa shape index (κ3) is 3.42. The second-order valence-corrected chi connectivity index (χ2v) is 5.73. The van der Waals surface area contributed by atoms with E-state index in [1.807, 2.05) is 30.3 Å². The lowest BCUT2D eigenvalue weighted by Crippen LogP contribution is -3.00. The Bertz CT molecular complexity index is 863. The molecule has 3 N–H and O–H groups in total. The first kappa shape index (κ1) is 16.2. The Morgan fingerprint density at radius 2 is 1.88 bits per heavy atom. The van der Waals surface area contributed by atoms with Crippen LogP contribution in [0.15, 0.2) is 54.6 Å². The van der Waals surface area contributed by atoms with Gasteiger partial charge in [0.1, 0.15) is 11.5 Å². The average molecular weight is 366 g/mol. The normalized spacial score (nSPS) is 14.3. The topological polar surface area (TPSA) is 73.4 Å². The van der Waals surface area contributed by atoms with E-state index in [2.05, 4.69) is 15.1 Å². The fraction of sp³-hybridized carbons (Fsp3) is 0.222. The Hall–Kier alpha value is -2.28. The summed E-state index contributed by atoms with van der Waals surface area (Å²) in [5.41, 5.74) is 4.32. The molecule has 0 bridgehead atoms. The molecule has 132 valence electrons. The summed E-state index contributed by atoms with van der Waals surface area (Å²) in [7, 11) is 0. The molecular weight excluding hydrogens is 345 g/mol. The van der Waals surface area contributed by atoms with Crippen LogP contribution in [0, 0.1) is 5.82 Å². The van der Waals surface area contributed by atoms with Gasteiger partial charge in [0.2, 0.25) is 2.86 Å². The van der Waals surface area contributed by atoms with E-state index in [0.29, 0.717) is 5.56 Å². The maximum Gasteiger partial charge on any atom is 0.278 e. The van der Waals surface area contributed by atoms with Crippen molar-refractivity contribution >= 4 is 0 Å². The van der Waals surface area contributed by atoms with E-state index in [4.69, 9.17) is 2.86 Å². The van der Waals surface area contributed by atoms with Gasteiger partial charge in [-0.2, -0.15) is 0 Å². The van der Waals surface area contributed by atoms with Crippen molar-refractivity contribution in [1.82, 2.24) is 9.78 Å². The number of aryl methyl sites for hydroxylation is 1. The molecule has 3 aromatic rings. The molecule has 0 radical (unpaired) electrons. The third-order valence-electron chi connectivity index (χ3n) is 4.23. The van der Waals surface area contributed by atoms with Crippen LogP contribution in [0.3, 0.4) is 0 Å². The van der Waals surface area contributed by atoms with Crippen molar-refractivity contribution in [3.63, 3.8) is 0 Å². The fourth-order valence-electron chi connectivity index (χ4n) is 3.11. The highest BCUT2D eigenvalue weighted by Gasteiger charge is 2.35. The summed E-state index contributed by atoms with van der Waals surface area (Å²) in [6.45, 7) is 0.843. The SMILES string of the molecule is O[C@H](c1ccc(F)cc1)c1n(-c2ccccc2)nc2[n+]1CCC2.[2H]O[2H].[Cl-]. The number of aliphatic hydroxyl groups is 1. The molecule has 7 heteroatoms. The fourth-order valence-corrected chi connectivity index (χ4v) is 3.11. The highest BCUT2D eigenvalue weighted by atomic mass is 35.5. The number of aliphatic hydroxyl groups excluding tert-OH is 1. The Morgan fingerprint density at radius 1 is 1.20 bits per heavy atom. The number of fused-ring (bicyclic) bond motifs is 1. The van der Waals surface area contributed by atoms with E-state index in [9.17, 15) is 9.50 Å². The summed E-state index contributed by atoms with van der Waals surface area (Å²) in [6, 6.07) is 15.7. The van der Waals surface area contributed by atoms with Crippen molar-refractivity contribution in [2.24, 2.45) is 0 Å². The molecule has 0 amide bonds. The lowest BCUT2D eigenvalue weighted by Gasteiger charge is -2.10. The first-order chi connectivity index (χ1) is 12.7. The molecule has 0 unspecified atom stereocenters. The minimum atomic E-state index is -0.852. The predicted molar refractivity (Wildman–Crippen MR) is 86.2 cm³/mol. The predicted octanol–water partition coefficient (Wildman–Crippen LogP) is -1.49. The maximum atomic E-state index is 13.2. The van der Waals surface area contributed by atoms with Crippen LogP contribution in [-0.4, -0.2) is 23.2 Å². The van der Waals surface area contributed by atoms with Gasteiger partial charge < -0.3 is 23.0 Å². The van der Waals surface area contributed by atoms with Crippen LogP contribution in [0.4, 0.5) is 4.39 Å². The van der Waals surface area contributed by atoms with Crippen molar-refractivity contribution in [3.05, 3.63) is 77.6 Å². The molecule has 0 saturated carbocycles. The smallest absolute Gasteiger partial charge is 0.278 e. The first-order valence-electron chi connectivity index (χ1n) is 8.56. The molecule has 1 aliphatic rings. The largest absolute Gasteiger partial charge is 1.00 e. The molecule has 0 saturated heterocycles. The Kier molecular flexibility index (Phi) is 5.01. The van der Waals surface area contributed by atoms with E-state index in [0.717, 1.165) is 36.7 Å². The van der Waals surface area contributed by atoms with Crippen molar-refractivity contribution in [2.45, 2.75) is 25.5 Å². The van der Waals surface area contributed by atoms with Crippen LogP contribution >= 0.6 is 0 Å². The summed E-state index contributed by atoms with van der Waals surface area (Å²) in [6.07, 6.45) is 1.08. The highest BCUT2D eigenvalue weighted by molar-refractivity contribution is 5.32. The number of hydrogen-bond acceptors (Lipinski definition) is 2. The monoisotopic (exact) mass is 365 g/mol. The average Bonchev–Trinajstić information content (AvgIpc) is 3.24. The van der Waals surface area contributed by atoms with Crippen LogP contribution in [-0.2, 0) is 13.0 Å². The van der Waals surface area contributed by atoms with Crippen molar-refractivity contribution in [3.8, 4) is 5.69 Å². The van der Waals surface area contributed by atoms with Gasteiger partial charge in [0, 0.05) is 11.5 Å². The molecule has 2 heterocycles. The maximum absolute atomic E-state index is 13.2. The van der Waals surface area contributed by atoms with E-state index < -0.39 is 6.10 Å². The molecule has 5 nitrogen and oxygen atoms in total. The van der Waals surface area contributed by atoms with Gasteiger partial charge in [-0.05, 0) is 36.2 Å². The lowest BCUT2D eigenvalue weighted by molar-refractivity contribution is -0.701. The molecule has 1 atom stereocenters. The third-order valence-corrected chi connectivity index (χ3v) is 4.23. The molecule has 0 spiro atoms. The van der Waals surface area contributed by atoms with Gasteiger partial charge in [0.05, 0.1) is 6.54 Å². The molecule has 0 fully saturated rings. The van der Waals surface area contributed by atoms with Crippen LogP contribution < -0.4 is 17.0 Å². The van der Waals surface area contributed by atoms with Crippen LogP contribution in [0.25, 0.3) is 5.69 Å². The quantitative estimate of drug-likeness (QED) is 0.574. The Labute approximate surface area is 154 Å². The summed E-state index contributed by atoms with van der Waals surface area (Å²) >= 11 is 0. The zero-order chi connectivity index (χ0) is 18.5. The van der Waals surface area contributed by atoms with Crippen molar-refractivity contribution in [2.75, 3.05) is 0 Å². The lowest BCUT2D eigenvalue weighted by atomic mass is 10.1. The van der Waals surface area contributed by atoms with Gasteiger partial charge in [0.15, 0.2) is 6.10 Å². The minimum absolute atomic E-state index is 0. The zero-order valence-electron chi connectivity index (χ0n) is 15.3. The minimum Gasteiger partial charge on any atom is -1.00 e. The van der Waals surface area contributed by atoms with E-state index >= 15 is 0 Å². The van der Waals surface area contributed by atoms with Gasteiger partial charge in [-0.1, -0.05) is 35.0 Å². The number of benzene rings is 2. The molecular formula is C18H19ClFN3O2. The Morgan fingerprint density at radius 3 is 2.56 bits per heavy atom. The van der Waals surface area contributed by atoms with E-state index in [1.165, 1.54) is 12.1 Å². The standard InChI is InChI=1S/C18H17FN3O.ClH.H2O/c19-14-10-8-13(9-11-14)17(23)18-21-12-4-7-16(21)20-22(18)15-5-2-1-3-6-15;;/h1-3,5-6,8-11,17,23H,4,7,12H2;1H;1H2/q+1;;/p-1/t17-;;/m1../s1/i/hD2. The second-order valence-electron chi connectivity index (χ2n) is 5.73. The molecule has 1 aliphatic heterocycles. The molecule has 25 heavy (non-hydrogen) atoms. The first-order valence-corrected chi connectivity index (χ1v) is 7.74. The number of rotatable bonds is 3. The van der Waals surface area contributed by atoms with Crippen LogP contribution in [0.5, 0.6) is 0 Å².